The van der Waals surface area contributed by atoms with Gasteiger partial charge in [-0.1, -0.05) is 0 Å². The lowest BCUT2D eigenvalue weighted by Crippen LogP contribution is -2.27. The highest BCUT2D eigenvalue weighted by Crippen LogP contribution is 2.20. The summed E-state index contributed by atoms with van der Waals surface area (Å²) < 4.78 is 38.2. The van der Waals surface area contributed by atoms with Crippen molar-refractivity contribution in [1.29, 1.82) is 0 Å². The zero-order valence-electron chi connectivity index (χ0n) is 9.85. The fourth-order valence-corrected chi connectivity index (χ4v) is 1.97. The summed E-state index contributed by atoms with van der Waals surface area (Å²) in [6.07, 6.45) is -3.41. The van der Waals surface area contributed by atoms with Crippen LogP contribution < -0.4 is 5.32 Å². The Labute approximate surface area is 111 Å². The zero-order chi connectivity index (χ0) is 13.8. The van der Waals surface area contributed by atoms with Crippen LogP contribution in [0.25, 0.3) is 0 Å². The Kier molecular flexibility index (Phi) is 5.25. The van der Waals surface area contributed by atoms with Gasteiger partial charge in [0.15, 0.2) is 0 Å². The molecule has 0 saturated carbocycles. The molecule has 1 heterocycles. The van der Waals surface area contributed by atoms with Crippen molar-refractivity contribution in [2.24, 2.45) is 0 Å². The smallest absolute Gasteiger partial charge is 0.351 e. The van der Waals surface area contributed by atoms with Crippen LogP contribution in [0.4, 0.5) is 13.2 Å². The first kappa shape index (κ1) is 15.1. The number of nitrogens with zero attached hydrogens (tertiary/aromatic N) is 1. The molecule has 0 aliphatic carbocycles. The van der Waals surface area contributed by atoms with Crippen molar-refractivity contribution >= 4 is 21.8 Å². The highest BCUT2D eigenvalue weighted by molar-refractivity contribution is 9.10. The average molecular weight is 327 g/mol. The molecular formula is C11H14BrF3N2O. The number of amides is 1. The summed E-state index contributed by atoms with van der Waals surface area (Å²) in [6.45, 7) is 2.52. The minimum atomic E-state index is -4.17. The van der Waals surface area contributed by atoms with Gasteiger partial charge in [0.25, 0.3) is 5.91 Å². The molecule has 3 nitrogen and oxygen atoms in total. The summed E-state index contributed by atoms with van der Waals surface area (Å²) in [4.78, 5) is 11.7. The first-order valence-electron chi connectivity index (χ1n) is 5.54. The van der Waals surface area contributed by atoms with Gasteiger partial charge in [0.05, 0.1) is 0 Å². The van der Waals surface area contributed by atoms with E-state index < -0.39 is 12.6 Å². The molecule has 1 aromatic heterocycles. The third-order valence-electron chi connectivity index (χ3n) is 2.36. The molecule has 1 amide bonds. The van der Waals surface area contributed by atoms with Crippen LogP contribution in [0, 0.1) is 0 Å². The first-order chi connectivity index (χ1) is 8.33. The normalized spacial score (nSPS) is 11.6. The van der Waals surface area contributed by atoms with Gasteiger partial charge in [-0.25, -0.2) is 0 Å². The molecule has 0 aromatic carbocycles. The van der Waals surface area contributed by atoms with Crippen molar-refractivity contribution in [3.05, 3.63) is 22.4 Å². The van der Waals surface area contributed by atoms with E-state index in [0.717, 1.165) is 4.47 Å². The number of aromatic nitrogens is 1. The SMILES string of the molecule is CCn1cc(Br)cc1C(=O)NCCCC(F)(F)F. The van der Waals surface area contributed by atoms with Gasteiger partial charge in [-0.15, -0.1) is 0 Å². The van der Waals surface area contributed by atoms with Crippen molar-refractivity contribution in [1.82, 2.24) is 9.88 Å². The van der Waals surface area contributed by atoms with Crippen molar-refractivity contribution in [3.8, 4) is 0 Å². The zero-order valence-corrected chi connectivity index (χ0v) is 11.4. The maximum absolute atomic E-state index is 11.9. The molecule has 1 N–H and O–H groups in total. The molecule has 0 unspecified atom stereocenters. The van der Waals surface area contributed by atoms with Crippen LogP contribution in [-0.2, 0) is 6.54 Å². The number of carbonyl (C=O) groups is 1. The quantitative estimate of drug-likeness (QED) is 0.827. The van der Waals surface area contributed by atoms with Crippen molar-refractivity contribution < 1.29 is 18.0 Å². The summed E-state index contributed by atoms with van der Waals surface area (Å²) in [5, 5.41) is 2.48. The van der Waals surface area contributed by atoms with Crippen LogP contribution in [-0.4, -0.2) is 23.2 Å². The van der Waals surface area contributed by atoms with E-state index in [1.165, 1.54) is 0 Å². The molecule has 0 atom stereocenters. The minimum absolute atomic E-state index is 0.0187. The van der Waals surface area contributed by atoms with E-state index in [1.54, 1.807) is 16.8 Å². The van der Waals surface area contributed by atoms with E-state index in [4.69, 9.17) is 0 Å². The maximum atomic E-state index is 11.9. The Balaban J connectivity index is 2.45. The Morgan fingerprint density at radius 2 is 2.17 bits per heavy atom. The van der Waals surface area contributed by atoms with E-state index >= 15 is 0 Å². The lowest BCUT2D eigenvalue weighted by molar-refractivity contribution is -0.135. The van der Waals surface area contributed by atoms with Gasteiger partial charge in [0, 0.05) is 30.2 Å². The summed E-state index contributed by atoms with van der Waals surface area (Å²) in [6, 6.07) is 1.64. The number of hydrogen-bond donors (Lipinski definition) is 1. The van der Waals surface area contributed by atoms with Gasteiger partial charge in [0.2, 0.25) is 0 Å². The summed E-state index contributed by atoms with van der Waals surface area (Å²) in [7, 11) is 0. The highest BCUT2D eigenvalue weighted by Gasteiger charge is 2.26. The lowest BCUT2D eigenvalue weighted by Gasteiger charge is -2.08. The monoisotopic (exact) mass is 326 g/mol. The van der Waals surface area contributed by atoms with Crippen LogP contribution in [0.15, 0.2) is 16.7 Å². The molecule has 1 rings (SSSR count). The lowest BCUT2D eigenvalue weighted by atomic mass is 10.3. The second kappa shape index (κ2) is 6.26. The Morgan fingerprint density at radius 3 is 2.72 bits per heavy atom. The van der Waals surface area contributed by atoms with Gasteiger partial charge in [-0.3, -0.25) is 4.79 Å². The largest absolute Gasteiger partial charge is 0.389 e. The van der Waals surface area contributed by atoms with Gasteiger partial charge >= 0.3 is 6.18 Å². The second-order valence-electron chi connectivity index (χ2n) is 3.80. The molecule has 0 aliphatic heterocycles. The molecule has 0 spiro atoms. The number of aryl methyl sites for hydroxylation is 1. The standard InChI is InChI=1S/C11H14BrF3N2O/c1-2-17-7-8(12)6-9(17)10(18)16-5-3-4-11(13,14)15/h6-7H,2-5H2,1H3,(H,16,18). The van der Waals surface area contributed by atoms with Gasteiger partial charge < -0.3 is 9.88 Å². The van der Waals surface area contributed by atoms with E-state index in [2.05, 4.69) is 21.2 Å². The number of carbonyl (C=O) groups excluding carboxylic acids is 1. The van der Waals surface area contributed by atoms with E-state index in [0.29, 0.717) is 12.2 Å². The topological polar surface area (TPSA) is 34.0 Å². The Hall–Kier alpha value is -0.980. The molecule has 102 valence electrons. The molecule has 0 fully saturated rings. The fourth-order valence-electron chi connectivity index (χ4n) is 1.51. The van der Waals surface area contributed by atoms with Gasteiger partial charge in [-0.2, -0.15) is 13.2 Å². The highest BCUT2D eigenvalue weighted by atomic mass is 79.9. The molecular weight excluding hydrogens is 313 g/mol. The van der Waals surface area contributed by atoms with Crippen molar-refractivity contribution in [3.63, 3.8) is 0 Å². The molecule has 18 heavy (non-hydrogen) atoms. The molecule has 7 heteroatoms. The van der Waals surface area contributed by atoms with Crippen LogP contribution in [0.1, 0.15) is 30.3 Å². The Morgan fingerprint density at radius 1 is 1.50 bits per heavy atom. The van der Waals surface area contributed by atoms with E-state index in [-0.39, 0.29) is 18.9 Å². The summed E-state index contributed by atoms with van der Waals surface area (Å²) in [5.74, 6) is -0.357. The summed E-state index contributed by atoms with van der Waals surface area (Å²) in [5.41, 5.74) is 0.441. The fraction of sp³-hybridized carbons (Fsp3) is 0.545. The molecule has 0 aliphatic rings. The van der Waals surface area contributed by atoms with Crippen molar-refractivity contribution in [2.75, 3.05) is 6.54 Å². The van der Waals surface area contributed by atoms with Crippen LogP contribution in [0.5, 0.6) is 0 Å². The van der Waals surface area contributed by atoms with Crippen LogP contribution in [0.3, 0.4) is 0 Å². The maximum Gasteiger partial charge on any atom is 0.389 e. The second-order valence-corrected chi connectivity index (χ2v) is 4.72. The van der Waals surface area contributed by atoms with E-state index in [9.17, 15) is 18.0 Å². The number of hydrogen-bond acceptors (Lipinski definition) is 1. The van der Waals surface area contributed by atoms with E-state index in [1.807, 2.05) is 6.92 Å². The molecule has 1 aromatic rings. The van der Waals surface area contributed by atoms with Crippen LogP contribution in [0.2, 0.25) is 0 Å². The minimum Gasteiger partial charge on any atom is -0.351 e. The van der Waals surface area contributed by atoms with Gasteiger partial charge in [-0.05, 0) is 35.3 Å². The number of nitrogens with one attached hydrogen (secondary N) is 1. The van der Waals surface area contributed by atoms with Gasteiger partial charge in [0.1, 0.15) is 5.69 Å². The number of rotatable bonds is 5. The number of halogens is 4. The third-order valence-corrected chi connectivity index (χ3v) is 2.79. The first-order valence-corrected chi connectivity index (χ1v) is 6.33. The predicted molar refractivity (Wildman–Crippen MR) is 65.4 cm³/mol. The van der Waals surface area contributed by atoms with Crippen LogP contribution >= 0.6 is 15.9 Å². The Bertz CT molecular complexity index is 415. The third kappa shape index (κ3) is 4.72. The number of alkyl halides is 3. The van der Waals surface area contributed by atoms with Crippen molar-refractivity contribution in [2.45, 2.75) is 32.5 Å². The predicted octanol–water partition coefficient (Wildman–Crippen LogP) is 3.34. The molecule has 0 bridgehead atoms. The molecule has 0 radical (unpaired) electrons. The molecule has 0 saturated heterocycles. The summed E-state index contributed by atoms with van der Waals surface area (Å²) >= 11 is 3.25. The average Bonchev–Trinajstić information content (AvgIpc) is 2.64.